The molecule has 0 aromatic heterocycles. The minimum absolute atomic E-state index is 0.0334. The lowest BCUT2D eigenvalue weighted by atomic mass is 10.1. The first-order valence-electron chi connectivity index (χ1n) is 9.49. The topological polar surface area (TPSA) is 85.2 Å². The Balaban J connectivity index is 1.95. The second kappa shape index (κ2) is 10.7. The molecule has 0 spiro atoms. The van der Waals surface area contributed by atoms with Crippen LogP contribution in [0, 0.1) is 12.3 Å². The molecule has 0 aliphatic carbocycles. The number of hydrogen-bond acceptors (Lipinski definition) is 6. The second-order valence-electron chi connectivity index (χ2n) is 6.32. The molecule has 0 fully saturated rings. The number of aliphatic hydroxyl groups is 1. The zero-order valence-electron chi connectivity index (χ0n) is 17.0. The minimum Gasteiger partial charge on any atom is -0.506 e. The summed E-state index contributed by atoms with van der Waals surface area (Å²) >= 11 is 7.07. The number of amides is 1. The molecule has 1 N–H and O–H groups in total. The summed E-state index contributed by atoms with van der Waals surface area (Å²) < 4.78 is 10.4. The van der Waals surface area contributed by atoms with Gasteiger partial charge < -0.3 is 14.6 Å². The molecule has 2 aromatic rings. The second-order valence-corrected chi connectivity index (χ2v) is 7.76. The maximum atomic E-state index is 12.7. The molecule has 1 aliphatic rings. The van der Waals surface area contributed by atoms with E-state index in [1.807, 2.05) is 0 Å². The van der Waals surface area contributed by atoms with Gasteiger partial charge in [0.2, 0.25) is 0 Å². The Morgan fingerprint density at radius 1 is 1.22 bits per heavy atom. The lowest BCUT2D eigenvalue weighted by molar-refractivity contribution is -0.138. The summed E-state index contributed by atoms with van der Waals surface area (Å²) in [7, 11) is 0. The number of benzene rings is 2. The van der Waals surface area contributed by atoms with Crippen molar-refractivity contribution in [1.29, 1.82) is 0 Å². The number of aliphatic imine (C=N–C) groups is 1. The molecule has 8 heteroatoms. The molecular formula is C24H18ClNO5S. The summed E-state index contributed by atoms with van der Waals surface area (Å²) in [5, 5.41) is 11.0. The smallest absolute Gasteiger partial charge is 0.344 e. The van der Waals surface area contributed by atoms with E-state index in [-0.39, 0.29) is 40.2 Å². The summed E-state index contributed by atoms with van der Waals surface area (Å²) in [5.41, 5.74) is 0.747. The third-order valence-corrected chi connectivity index (χ3v) is 5.53. The van der Waals surface area contributed by atoms with Crippen LogP contribution in [-0.4, -0.2) is 35.2 Å². The van der Waals surface area contributed by atoms with Crippen LogP contribution in [0.4, 0.5) is 0 Å². The fraction of sp³-hybridized carbons (Fsp3) is 0.125. The highest BCUT2D eigenvalue weighted by Gasteiger charge is 2.34. The van der Waals surface area contributed by atoms with Gasteiger partial charge in [-0.05, 0) is 42.8 Å². The van der Waals surface area contributed by atoms with Gasteiger partial charge in [-0.15, -0.1) is 6.42 Å². The van der Waals surface area contributed by atoms with E-state index in [1.54, 1.807) is 55.5 Å². The lowest BCUT2D eigenvalue weighted by Gasteiger charge is -2.04. The van der Waals surface area contributed by atoms with Gasteiger partial charge in [-0.1, -0.05) is 53.5 Å². The first kappa shape index (κ1) is 23.2. The van der Waals surface area contributed by atoms with Crippen LogP contribution in [0.2, 0.25) is 5.02 Å². The third kappa shape index (κ3) is 5.41. The Hall–Kier alpha value is -3.47. The summed E-state index contributed by atoms with van der Waals surface area (Å²) in [6, 6.07) is 13.4. The van der Waals surface area contributed by atoms with Crippen LogP contribution >= 0.6 is 23.4 Å². The van der Waals surface area contributed by atoms with Crippen molar-refractivity contribution < 1.29 is 24.2 Å². The fourth-order valence-corrected chi connectivity index (χ4v) is 3.94. The van der Waals surface area contributed by atoms with Gasteiger partial charge in [0.25, 0.3) is 5.91 Å². The van der Waals surface area contributed by atoms with Crippen molar-refractivity contribution in [3.63, 3.8) is 0 Å². The summed E-state index contributed by atoms with van der Waals surface area (Å²) in [4.78, 5) is 29.5. The van der Waals surface area contributed by atoms with Gasteiger partial charge in [-0.25, -0.2) is 9.79 Å². The minimum atomic E-state index is -0.773. The molecular weight excluding hydrogens is 450 g/mol. The van der Waals surface area contributed by atoms with Crippen molar-refractivity contribution in [3.8, 4) is 18.1 Å². The summed E-state index contributed by atoms with van der Waals surface area (Å²) in [6.45, 7) is 1.90. The highest BCUT2D eigenvalue weighted by atomic mass is 35.5. The Morgan fingerprint density at radius 3 is 2.59 bits per heavy atom. The SMILES string of the molecule is C#CCOc1ccc(C=C2SC(=NC(=O)c3ccccc3Cl)C(C(=O)OCC)=C2O)cc1. The molecule has 0 atom stereocenters. The van der Waals surface area contributed by atoms with Gasteiger partial charge in [-0.2, -0.15) is 0 Å². The Labute approximate surface area is 194 Å². The number of hydrogen-bond donors (Lipinski definition) is 1. The number of aliphatic hydroxyl groups excluding tert-OH is 1. The number of halogens is 1. The average Bonchev–Trinajstić information content (AvgIpc) is 3.08. The molecule has 32 heavy (non-hydrogen) atoms. The van der Waals surface area contributed by atoms with Gasteiger partial charge in [0.1, 0.15) is 28.7 Å². The highest BCUT2D eigenvalue weighted by Crippen LogP contribution is 2.39. The van der Waals surface area contributed by atoms with Gasteiger partial charge in [0, 0.05) is 0 Å². The van der Waals surface area contributed by atoms with E-state index < -0.39 is 11.9 Å². The van der Waals surface area contributed by atoms with Crippen LogP contribution in [-0.2, 0) is 9.53 Å². The monoisotopic (exact) mass is 467 g/mol. The molecule has 1 aliphatic heterocycles. The van der Waals surface area contributed by atoms with E-state index >= 15 is 0 Å². The number of carbonyl (C=O) groups excluding carboxylic acids is 2. The van der Waals surface area contributed by atoms with Gasteiger partial charge in [0.15, 0.2) is 0 Å². The first-order chi connectivity index (χ1) is 15.4. The Kier molecular flexibility index (Phi) is 7.77. The number of rotatable bonds is 6. The molecule has 162 valence electrons. The van der Waals surface area contributed by atoms with Crippen LogP contribution in [0.3, 0.4) is 0 Å². The third-order valence-electron chi connectivity index (χ3n) is 4.18. The van der Waals surface area contributed by atoms with Gasteiger partial charge in [-0.3, -0.25) is 4.79 Å². The van der Waals surface area contributed by atoms with Crippen molar-refractivity contribution in [1.82, 2.24) is 0 Å². The van der Waals surface area contributed by atoms with Crippen molar-refractivity contribution in [2.75, 3.05) is 13.2 Å². The highest BCUT2D eigenvalue weighted by molar-refractivity contribution is 8.18. The lowest BCUT2D eigenvalue weighted by Crippen LogP contribution is -2.14. The Morgan fingerprint density at radius 2 is 1.94 bits per heavy atom. The maximum absolute atomic E-state index is 12.7. The molecule has 2 aromatic carbocycles. The number of thioether (sulfide) groups is 1. The zero-order valence-corrected chi connectivity index (χ0v) is 18.6. The van der Waals surface area contributed by atoms with Crippen LogP contribution in [0.1, 0.15) is 22.8 Å². The Bertz CT molecular complexity index is 1180. The van der Waals surface area contributed by atoms with E-state index in [0.717, 1.165) is 17.3 Å². The van der Waals surface area contributed by atoms with Gasteiger partial charge in [0.05, 0.1) is 22.1 Å². The summed E-state index contributed by atoms with van der Waals surface area (Å²) in [5.74, 6) is 1.27. The van der Waals surface area contributed by atoms with Gasteiger partial charge >= 0.3 is 5.97 Å². The fourth-order valence-electron chi connectivity index (χ4n) is 2.72. The van der Waals surface area contributed by atoms with Crippen molar-refractivity contribution in [2.45, 2.75) is 6.92 Å². The van der Waals surface area contributed by atoms with E-state index in [2.05, 4.69) is 10.9 Å². The van der Waals surface area contributed by atoms with Crippen LogP contribution in [0.5, 0.6) is 5.75 Å². The average molecular weight is 468 g/mol. The largest absolute Gasteiger partial charge is 0.506 e. The van der Waals surface area contributed by atoms with Crippen molar-refractivity contribution >= 4 is 46.4 Å². The van der Waals surface area contributed by atoms with Crippen LogP contribution in [0.15, 0.2) is 69.8 Å². The maximum Gasteiger partial charge on any atom is 0.344 e. The summed E-state index contributed by atoms with van der Waals surface area (Å²) in [6.07, 6.45) is 6.84. The van der Waals surface area contributed by atoms with Crippen molar-refractivity contribution in [3.05, 3.63) is 80.9 Å². The predicted molar refractivity (Wildman–Crippen MR) is 126 cm³/mol. The number of nitrogens with zero attached hydrogens (tertiary/aromatic N) is 1. The molecule has 1 amide bonds. The predicted octanol–water partition coefficient (Wildman–Crippen LogP) is 5.05. The number of carbonyl (C=O) groups is 2. The quantitative estimate of drug-likeness (QED) is 0.472. The molecule has 0 saturated carbocycles. The number of terminal acetylenes is 1. The van der Waals surface area contributed by atoms with Crippen LogP contribution in [0.25, 0.3) is 6.08 Å². The van der Waals surface area contributed by atoms with E-state index in [1.165, 1.54) is 6.07 Å². The van der Waals surface area contributed by atoms with E-state index in [9.17, 15) is 14.7 Å². The molecule has 0 radical (unpaired) electrons. The van der Waals surface area contributed by atoms with E-state index in [0.29, 0.717) is 10.7 Å². The molecule has 0 saturated heterocycles. The first-order valence-corrected chi connectivity index (χ1v) is 10.7. The normalized spacial score (nSPS) is 15.7. The number of esters is 1. The van der Waals surface area contributed by atoms with Crippen LogP contribution < -0.4 is 4.74 Å². The standard InChI is InChI=1S/C24H18ClNO5S/c1-3-13-31-16-11-9-15(10-12-16)14-19-21(27)20(24(29)30-4-2)23(32-19)26-22(28)17-7-5-6-8-18(17)25/h1,5-12,14,27H,4,13H2,2H3. The van der Waals surface area contributed by atoms with Crippen molar-refractivity contribution in [2.24, 2.45) is 4.99 Å². The molecule has 6 nitrogen and oxygen atoms in total. The van der Waals surface area contributed by atoms with E-state index in [4.69, 9.17) is 27.5 Å². The molecule has 0 bridgehead atoms. The molecule has 3 rings (SSSR count). The zero-order chi connectivity index (χ0) is 23.1. The number of ether oxygens (including phenoxy) is 2. The molecule has 1 heterocycles. The molecule has 0 unspecified atom stereocenters.